The summed E-state index contributed by atoms with van der Waals surface area (Å²) < 4.78 is 0. The average molecular weight is 297 g/mol. The Balaban J connectivity index is 1.51. The van der Waals surface area contributed by atoms with E-state index in [1.165, 1.54) is 45.1 Å². The molecule has 1 nitrogen and oxygen atoms in total. The summed E-state index contributed by atoms with van der Waals surface area (Å²) in [4.78, 5) is 2.86. The Labute approximate surface area is 136 Å². The molecule has 1 aromatic rings. The lowest BCUT2D eigenvalue weighted by atomic mass is 9.65. The van der Waals surface area contributed by atoms with Crippen LogP contribution in [-0.2, 0) is 0 Å². The first-order valence-corrected chi connectivity index (χ1v) is 9.38. The minimum Gasteiger partial charge on any atom is -0.293 e. The van der Waals surface area contributed by atoms with E-state index >= 15 is 0 Å². The summed E-state index contributed by atoms with van der Waals surface area (Å²) in [6.07, 6.45) is 8.44. The Morgan fingerprint density at radius 1 is 0.955 bits per heavy atom. The van der Waals surface area contributed by atoms with Crippen LogP contribution in [0.3, 0.4) is 0 Å². The molecule has 0 unspecified atom stereocenters. The molecule has 1 heteroatoms. The highest BCUT2D eigenvalue weighted by molar-refractivity contribution is 5.36. The molecule has 0 N–H and O–H groups in total. The van der Waals surface area contributed by atoms with Gasteiger partial charge in [-0.05, 0) is 73.4 Å². The molecule has 3 aliphatic rings. The Bertz CT molecular complexity index is 531. The second-order valence-electron chi connectivity index (χ2n) is 8.99. The molecule has 0 bridgehead atoms. The van der Waals surface area contributed by atoms with Gasteiger partial charge in [-0.2, -0.15) is 0 Å². The average Bonchev–Trinajstić information content (AvgIpc) is 3.15. The lowest BCUT2D eigenvalue weighted by Gasteiger charge is -2.49. The van der Waals surface area contributed by atoms with Gasteiger partial charge in [0, 0.05) is 12.1 Å². The molecular weight excluding hydrogens is 266 g/mol. The van der Waals surface area contributed by atoms with Crippen molar-refractivity contribution in [3.05, 3.63) is 35.4 Å². The van der Waals surface area contributed by atoms with E-state index in [0.29, 0.717) is 11.5 Å². The third-order valence-corrected chi connectivity index (χ3v) is 6.47. The van der Waals surface area contributed by atoms with Gasteiger partial charge in [-0.3, -0.25) is 4.90 Å². The smallest absolute Gasteiger partial charge is 0.0354 e. The van der Waals surface area contributed by atoms with Crippen molar-refractivity contribution in [3.63, 3.8) is 0 Å². The minimum atomic E-state index is 0.498. The summed E-state index contributed by atoms with van der Waals surface area (Å²) in [6.45, 7) is 8.57. The van der Waals surface area contributed by atoms with E-state index in [4.69, 9.17) is 0 Å². The number of likely N-dealkylation sites (tertiary alicyclic amines) is 1. The van der Waals surface area contributed by atoms with Crippen molar-refractivity contribution >= 4 is 0 Å². The van der Waals surface area contributed by atoms with Gasteiger partial charge in [0.25, 0.3) is 0 Å². The second-order valence-corrected chi connectivity index (χ2v) is 8.99. The standard InChI is InChI=1S/C21H31N/c1-21(2,3)16-13-17(14-16)22-12-6-9-20(22)19-8-5-4-7-18(19)15-10-11-15/h4-5,7-8,15-17,20H,6,9-14H2,1-3H3/t16?,17?,20-/m0/s1. The Hall–Kier alpha value is -0.820. The molecule has 120 valence electrons. The van der Waals surface area contributed by atoms with Crippen LogP contribution in [0.1, 0.15) is 82.4 Å². The third kappa shape index (κ3) is 2.62. The van der Waals surface area contributed by atoms with E-state index in [1.807, 2.05) is 0 Å². The summed E-state index contributed by atoms with van der Waals surface area (Å²) in [5.41, 5.74) is 3.84. The Kier molecular flexibility index (Phi) is 3.60. The van der Waals surface area contributed by atoms with Gasteiger partial charge in [0.05, 0.1) is 0 Å². The maximum atomic E-state index is 2.86. The van der Waals surface area contributed by atoms with Crippen molar-refractivity contribution in [3.8, 4) is 0 Å². The predicted octanol–water partition coefficient (Wildman–Crippen LogP) is 5.53. The van der Waals surface area contributed by atoms with Crippen LogP contribution in [0.15, 0.2) is 24.3 Å². The fourth-order valence-corrected chi connectivity index (χ4v) is 4.71. The number of benzene rings is 1. The summed E-state index contributed by atoms with van der Waals surface area (Å²) in [5, 5.41) is 0. The zero-order valence-electron chi connectivity index (χ0n) is 14.5. The largest absolute Gasteiger partial charge is 0.293 e. The number of nitrogens with zero attached hydrogens (tertiary/aromatic N) is 1. The Morgan fingerprint density at radius 3 is 2.27 bits per heavy atom. The molecule has 3 fully saturated rings. The van der Waals surface area contributed by atoms with Crippen LogP contribution in [0, 0.1) is 11.3 Å². The molecule has 0 radical (unpaired) electrons. The molecule has 1 saturated heterocycles. The molecule has 1 aromatic carbocycles. The van der Waals surface area contributed by atoms with E-state index in [-0.39, 0.29) is 0 Å². The van der Waals surface area contributed by atoms with Crippen LogP contribution in [-0.4, -0.2) is 17.5 Å². The molecule has 1 atom stereocenters. The molecular formula is C21H31N. The second kappa shape index (κ2) is 5.37. The summed E-state index contributed by atoms with van der Waals surface area (Å²) in [5.74, 6) is 1.81. The lowest BCUT2D eigenvalue weighted by molar-refractivity contribution is 0.0137. The van der Waals surface area contributed by atoms with Gasteiger partial charge in [0.15, 0.2) is 0 Å². The van der Waals surface area contributed by atoms with E-state index in [2.05, 4.69) is 49.9 Å². The predicted molar refractivity (Wildman–Crippen MR) is 93.1 cm³/mol. The van der Waals surface area contributed by atoms with Crippen LogP contribution >= 0.6 is 0 Å². The highest BCUT2D eigenvalue weighted by Gasteiger charge is 2.44. The van der Waals surface area contributed by atoms with Crippen LogP contribution in [0.4, 0.5) is 0 Å². The normalized spacial score (nSPS) is 33.0. The quantitative estimate of drug-likeness (QED) is 0.709. The van der Waals surface area contributed by atoms with Gasteiger partial charge in [-0.25, -0.2) is 0 Å². The van der Waals surface area contributed by atoms with Crippen molar-refractivity contribution in [2.24, 2.45) is 11.3 Å². The summed E-state index contributed by atoms with van der Waals surface area (Å²) >= 11 is 0. The fourth-order valence-electron chi connectivity index (χ4n) is 4.71. The highest BCUT2D eigenvalue weighted by atomic mass is 15.2. The minimum absolute atomic E-state index is 0.498. The zero-order valence-corrected chi connectivity index (χ0v) is 14.5. The van der Waals surface area contributed by atoms with Crippen molar-refractivity contribution in [2.45, 2.75) is 77.3 Å². The van der Waals surface area contributed by atoms with Crippen LogP contribution < -0.4 is 0 Å². The monoisotopic (exact) mass is 297 g/mol. The molecule has 1 aliphatic heterocycles. The number of hydrogen-bond acceptors (Lipinski definition) is 1. The molecule has 1 heterocycles. The van der Waals surface area contributed by atoms with E-state index in [9.17, 15) is 0 Å². The van der Waals surface area contributed by atoms with Gasteiger partial charge in [0.2, 0.25) is 0 Å². The van der Waals surface area contributed by atoms with Crippen molar-refractivity contribution < 1.29 is 0 Å². The van der Waals surface area contributed by atoms with Gasteiger partial charge in [0.1, 0.15) is 0 Å². The first-order valence-electron chi connectivity index (χ1n) is 9.38. The molecule has 0 spiro atoms. The van der Waals surface area contributed by atoms with Gasteiger partial charge >= 0.3 is 0 Å². The summed E-state index contributed by atoms with van der Waals surface area (Å²) in [6, 6.07) is 10.9. The molecule has 4 rings (SSSR count). The SMILES string of the molecule is CC(C)(C)C1CC(N2CCC[C@H]2c2ccccc2C2CC2)C1. The lowest BCUT2D eigenvalue weighted by Crippen LogP contribution is -2.48. The highest BCUT2D eigenvalue weighted by Crippen LogP contribution is 2.50. The molecule has 22 heavy (non-hydrogen) atoms. The Morgan fingerprint density at radius 2 is 1.64 bits per heavy atom. The van der Waals surface area contributed by atoms with Gasteiger partial charge in [-0.15, -0.1) is 0 Å². The number of hydrogen-bond donors (Lipinski definition) is 0. The number of rotatable bonds is 3. The molecule has 0 aromatic heterocycles. The fraction of sp³-hybridized carbons (Fsp3) is 0.714. The van der Waals surface area contributed by atoms with Crippen molar-refractivity contribution in [2.75, 3.05) is 6.54 Å². The van der Waals surface area contributed by atoms with E-state index < -0.39 is 0 Å². The first kappa shape index (κ1) is 14.8. The summed E-state index contributed by atoms with van der Waals surface area (Å²) in [7, 11) is 0. The maximum absolute atomic E-state index is 2.86. The van der Waals surface area contributed by atoms with Crippen LogP contribution in [0.25, 0.3) is 0 Å². The van der Waals surface area contributed by atoms with Gasteiger partial charge in [-0.1, -0.05) is 45.0 Å². The van der Waals surface area contributed by atoms with E-state index in [1.54, 1.807) is 11.1 Å². The van der Waals surface area contributed by atoms with Crippen molar-refractivity contribution in [1.82, 2.24) is 4.90 Å². The maximum Gasteiger partial charge on any atom is 0.0354 e. The van der Waals surface area contributed by atoms with Crippen LogP contribution in [0.2, 0.25) is 0 Å². The van der Waals surface area contributed by atoms with Crippen LogP contribution in [0.5, 0.6) is 0 Å². The van der Waals surface area contributed by atoms with Gasteiger partial charge < -0.3 is 0 Å². The zero-order chi connectivity index (χ0) is 15.3. The van der Waals surface area contributed by atoms with Crippen molar-refractivity contribution in [1.29, 1.82) is 0 Å². The third-order valence-electron chi connectivity index (χ3n) is 6.47. The molecule has 2 aliphatic carbocycles. The van der Waals surface area contributed by atoms with E-state index in [0.717, 1.165) is 17.9 Å². The molecule has 0 amide bonds. The topological polar surface area (TPSA) is 3.24 Å². The first-order chi connectivity index (χ1) is 10.5. The molecule has 2 saturated carbocycles.